The number of benzene rings is 2. The van der Waals surface area contributed by atoms with Crippen LogP contribution < -0.4 is 10.4 Å². The Labute approximate surface area is 175 Å². The molecule has 2 heterocycles. The summed E-state index contributed by atoms with van der Waals surface area (Å²) in [6, 6.07) is 10.1. The van der Waals surface area contributed by atoms with Crippen molar-refractivity contribution in [3.63, 3.8) is 0 Å². The maximum atomic E-state index is 14.1. The van der Waals surface area contributed by atoms with Gasteiger partial charge in [-0.15, -0.1) is 0 Å². The number of para-hydroxylation sites is 1. The molecule has 30 heavy (non-hydrogen) atoms. The predicted molar refractivity (Wildman–Crippen MR) is 111 cm³/mol. The molecule has 1 unspecified atom stereocenters. The number of thioether (sulfide) groups is 1. The van der Waals surface area contributed by atoms with E-state index in [2.05, 4.69) is 0 Å². The Morgan fingerprint density at radius 2 is 2.03 bits per heavy atom. The second-order valence-electron chi connectivity index (χ2n) is 6.93. The van der Waals surface area contributed by atoms with Crippen LogP contribution in [0, 0.1) is 11.6 Å². The maximum absolute atomic E-state index is 14.1. The summed E-state index contributed by atoms with van der Waals surface area (Å²) < 4.78 is 38.3. The van der Waals surface area contributed by atoms with Gasteiger partial charge in [0.1, 0.15) is 17.2 Å². The van der Waals surface area contributed by atoms with Crippen molar-refractivity contribution in [2.75, 3.05) is 26.0 Å². The fraction of sp³-hybridized carbons (Fsp3) is 0.273. The van der Waals surface area contributed by atoms with Gasteiger partial charge in [0, 0.05) is 35.0 Å². The molecule has 8 heteroatoms. The van der Waals surface area contributed by atoms with E-state index >= 15 is 0 Å². The van der Waals surface area contributed by atoms with Crippen molar-refractivity contribution < 1.29 is 22.7 Å². The van der Waals surface area contributed by atoms with E-state index in [1.807, 2.05) is 0 Å². The number of methoxy groups -OCH3 is 1. The lowest BCUT2D eigenvalue weighted by Crippen LogP contribution is -2.35. The summed E-state index contributed by atoms with van der Waals surface area (Å²) in [6.07, 6.45) is 0.448. The minimum atomic E-state index is -0.735. The molecular weight excluding hydrogens is 412 g/mol. The highest BCUT2D eigenvalue weighted by atomic mass is 32.2. The summed E-state index contributed by atoms with van der Waals surface area (Å²) in [5, 5.41) is 0.317. The lowest BCUT2D eigenvalue weighted by Gasteiger charge is -2.20. The van der Waals surface area contributed by atoms with Gasteiger partial charge < -0.3 is 14.1 Å². The van der Waals surface area contributed by atoms with Gasteiger partial charge in [0.05, 0.1) is 7.11 Å². The van der Waals surface area contributed by atoms with Gasteiger partial charge in [0.2, 0.25) is 0 Å². The molecule has 0 N–H and O–H groups in total. The average molecular weight is 431 g/mol. The maximum Gasteiger partial charge on any atom is 0.349 e. The second-order valence-corrected chi connectivity index (χ2v) is 8.24. The molecular formula is C22H19F2NO4S. The van der Waals surface area contributed by atoms with Gasteiger partial charge in [0.25, 0.3) is 5.91 Å². The second kappa shape index (κ2) is 8.47. The Hall–Kier alpha value is -2.87. The highest BCUT2D eigenvalue weighted by molar-refractivity contribution is 7.99. The molecule has 0 spiro atoms. The van der Waals surface area contributed by atoms with E-state index in [0.29, 0.717) is 42.0 Å². The average Bonchev–Trinajstić information content (AvgIpc) is 3.00. The third kappa shape index (κ3) is 3.92. The molecule has 1 amide bonds. The van der Waals surface area contributed by atoms with Gasteiger partial charge >= 0.3 is 5.63 Å². The van der Waals surface area contributed by atoms with E-state index in [1.54, 1.807) is 23.1 Å². The van der Waals surface area contributed by atoms with Crippen molar-refractivity contribution >= 4 is 28.6 Å². The molecule has 0 radical (unpaired) electrons. The molecule has 4 rings (SSSR count). The summed E-state index contributed by atoms with van der Waals surface area (Å²) in [5.74, 6) is -0.436. The number of hydrogen-bond acceptors (Lipinski definition) is 5. The molecule has 1 aliphatic heterocycles. The zero-order valence-electron chi connectivity index (χ0n) is 16.2. The molecule has 0 saturated carbocycles. The monoisotopic (exact) mass is 431 g/mol. The molecule has 1 fully saturated rings. The van der Waals surface area contributed by atoms with Crippen LogP contribution in [0.4, 0.5) is 8.78 Å². The normalized spacial score (nSPS) is 17.0. The molecule has 1 saturated heterocycles. The molecule has 2 aromatic carbocycles. The number of ether oxygens (including phenoxy) is 1. The first-order valence-electron chi connectivity index (χ1n) is 9.44. The Kier molecular flexibility index (Phi) is 5.76. The van der Waals surface area contributed by atoms with E-state index in [1.165, 1.54) is 31.0 Å². The predicted octanol–water partition coefficient (Wildman–Crippen LogP) is 4.40. The van der Waals surface area contributed by atoms with Crippen LogP contribution in [-0.4, -0.2) is 36.8 Å². The molecule has 3 aromatic rings. The van der Waals surface area contributed by atoms with E-state index in [9.17, 15) is 18.4 Å². The van der Waals surface area contributed by atoms with Crippen LogP contribution in [0.15, 0.2) is 51.7 Å². The van der Waals surface area contributed by atoms with E-state index in [4.69, 9.17) is 9.15 Å². The summed E-state index contributed by atoms with van der Waals surface area (Å²) in [4.78, 5) is 27.1. The molecule has 1 aliphatic rings. The van der Waals surface area contributed by atoms with Crippen LogP contribution >= 0.6 is 11.8 Å². The van der Waals surface area contributed by atoms with E-state index in [0.717, 1.165) is 12.1 Å². The first-order chi connectivity index (χ1) is 14.5. The molecule has 1 atom stereocenters. The summed E-state index contributed by atoms with van der Waals surface area (Å²) in [7, 11) is 1.47. The number of amides is 1. The first-order valence-corrected chi connectivity index (χ1v) is 10.5. The van der Waals surface area contributed by atoms with Crippen LogP contribution in [0.25, 0.3) is 11.0 Å². The van der Waals surface area contributed by atoms with E-state index in [-0.39, 0.29) is 16.4 Å². The van der Waals surface area contributed by atoms with Gasteiger partial charge in [-0.05, 0) is 36.8 Å². The fourth-order valence-electron chi connectivity index (χ4n) is 3.58. The zero-order chi connectivity index (χ0) is 21.3. The quantitative estimate of drug-likeness (QED) is 0.576. The molecule has 0 aliphatic carbocycles. The summed E-state index contributed by atoms with van der Waals surface area (Å²) in [6.45, 7) is 0.717. The van der Waals surface area contributed by atoms with Crippen molar-refractivity contribution in [3.8, 4) is 5.75 Å². The highest BCUT2D eigenvalue weighted by Gasteiger charge is 2.27. The minimum Gasteiger partial charge on any atom is -0.493 e. The number of nitrogens with zero attached hydrogens (tertiary/aromatic N) is 1. The third-order valence-corrected chi connectivity index (χ3v) is 6.42. The van der Waals surface area contributed by atoms with Gasteiger partial charge in [-0.25, -0.2) is 13.6 Å². The lowest BCUT2D eigenvalue weighted by atomic mass is 10.1. The molecule has 5 nitrogen and oxygen atoms in total. The molecule has 156 valence electrons. The van der Waals surface area contributed by atoms with E-state index < -0.39 is 23.2 Å². The standard InChI is InChI=1S/C22H19F2NO4S/c1-28-18-4-2-3-13-11-16(22(27)29-20(13)18)21(26)25-8-7-19(30-10-9-25)15-12-14(23)5-6-17(15)24/h2-6,11-12,19H,7-10H2,1H3. The van der Waals surface area contributed by atoms with Crippen molar-refractivity contribution in [2.24, 2.45) is 0 Å². The largest absolute Gasteiger partial charge is 0.493 e. The third-order valence-electron chi connectivity index (χ3n) is 5.11. The van der Waals surface area contributed by atoms with Gasteiger partial charge in [-0.2, -0.15) is 11.8 Å². The van der Waals surface area contributed by atoms with Crippen LogP contribution in [0.2, 0.25) is 0 Å². The van der Waals surface area contributed by atoms with Crippen molar-refractivity contribution in [1.82, 2.24) is 4.90 Å². The van der Waals surface area contributed by atoms with Gasteiger partial charge in [-0.3, -0.25) is 4.79 Å². The van der Waals surface area contributed by atoms with Crippen LogP contribution in [0.3, 0.4) is 0 Å². The Balaban J connectivity index is 1.58. The number of carbonyl (C=O) groups excluding carboxylic acids is 1. The minimum absolute atomic E-state index is 0.0591. The first kappa shape index (κ1) is 20.4. The van der Waals surface area contributed by atoms with Crippen LogP contribution in [0.1, 0.15) is 27.6 Å². The lowest BCUT2D eigenvalue weighted by molar-refractivity contribution is 0.0762. The van der Waals surface area contributed by atoms with Crippen LogP contribution in [0.5, 0.6) is 5.75 Å². The number of rotatable bonds is 3. The van der Waals surface area contributed by atoms with Crippen molar-refractivity contribution in [1.29, 1.82) is 0 Å². The molecule has 0 bridgehead atoms. The molecule has 1 aromatic heterocycles. The smallest absolute Gasteiger partial charge is 0.349 e. The van der Waals surface area contributed by atoms with Crippen LogP contribution in [-0.2, 0) is 0 Å². The van der Waals surface area contributed by atoms with Gasteiger partial charge in [0.15, 0.2) is 11.3 Å². The summed E-state index contributed by atoms with van der Waals surface area (Å²) in [5.41, 5.74) is -0.209. The number of fused-ring (bicyclic) bond motifs is 1. The number of carbonyl (C=O) groups is 1. The highest BCUT2D eigenvalue weighted by Crippen LogP contribution is 2.36. The Bertz CT molecular complexity index is 1160. The zero-order valence-corrected chi connectivity index (χ0v) is 17.0. The SMILES string of the molecule is COc1cccc2cc(C(=O)N3CCSC(c4cc(F)ccc4F)CC3)c(=O)oc12. The van der Waals surface area contributed by atoms with Crippen molar-refractivity contribution in [3.05, 3.63) is 75.6 Å². The number of hydrogen-bond donors (Lipinski definition) is 0. The van der Waals surface area contributed by atoms with Crippen molar-refractivity contribution in [2.45, 2.75) is 11.7 Å². The fourth-order valence-corrected chi connectivity index (χ4v) is 4.82. The summed E-state index contributed by atoms with van der Waals surface area (Å²) >= 11 is 1.47. The van der Waals surface area contributed by atoms with Gasteiger partial charge in [-0.1, -0.05) is 12.1 Å². The Morgan fingerprint density at radius 3 is 2.83 bits per heavy atom. The Morgan fingerprint density at radius 1 is 1.20 bits per heavy atom. The topological polar surface area (TPSA) is 59.8 Å². The number of halogens is 2.